The maximum absolute atomic E-state index is 5.87. The third-order valence-electron chi connectivity index (χ3n) is 2.60. The quantitative estimate of drug-likeness (QED) is 0.775. The fourth-order valence-electron chi connectivity index (χ4n) is 1.76. The Balaban J connectivity index is 2.80. The van der Waals surface area contributed by atoms with Crippen LogP contribution in [0.25, 0.3) is 11.0 Å². The Morgan fingerprint density at radius 1 is 1.07 bits per heavy atom. The Bertz CT molecular complexity index is 494. The van der Waals surface area contributed by atoms with Gasteiger partial charge in [0.15, 0.2) is 0 Å². The average Bonchev–Trinajstić information content (AvgIpc) is 2.27. The Labute approximate surface area is 94.3 Å². The maximum atomic E-state index is 5.87. The lowest BCUT2D eigenvalue weighted by molar-refractivity contribution is 1.10. The molecule has 3 heteroatoms. The van der Waals surface area contributed by atoms with Gasteiger partial charge < -0.3 is 0 Å². The molecule has 0 saturated heterocycles. The van der Waals surface area contributed by atoms with E-state index in [0.29, 0.717) is 5.15 Å². The zero-order chi connectivity index (χ0) is 10.8. The summed E-state index contributed by atoms with van der Waals surface area (Å²) in [5.41, 5.74) is 4.37. The second-order valence-electron chi connectivity index (χ2n) is 3.48. The van der Waals surface area contributed by atoms with Gasteiger partial charge in [0, 0.05) is 0 Å². The van der Waals surface area contributed by atoms with Gasteiger partial charge in [0.05, 0.1) is 17.2 Å². The minimum absolute atomic E-state index is 0.463. The number of rotatable bonds is 2. The third kappa shape index (κ3) is 1.82. The molecule has 1 heterocycles. The average molecular weight is 221 g/mol. The van der Waals surface area contributed by atoms with E-state index in [2.05, 4.69) is 35.9 Å². The first-order valence-electron chi connectivity index (χ1n) is 5.19. The fourth-order valence-corrected chi connectivity index (χ4v) is 1.89. The highest BCUT2D eigenvalue weighted by molar-refractivity contribution is 6.29. The summed E-state index contributed by atoms with van der Waals surface area (Å²) in [5, 5.41) is 0.463. The lowest BCUT2D eigenvalue weighted by Gasteiger charge is -2.07. The van der Waals surface area contributed by atoms with Crippen molar-refractivity contribution in [2.45, 2.75) is 26.7 Å². The van der Waals surface area contributed by atoms with E-state index in [4.69, 9.17) is 11.6 Å². The predicted molar refractivity (Wildman–Crippen MR) is 63.3 cm³/mol. The number of hydrogen-bond acceptors (Lipinski definition) is 2. The Hall–Kier alpha value is -1.15. The van der Waals surface area contributed by atoms with E-state index in [1.807, 2.05) is 0 Å². The Morgan fingerprint density at radius 2 is 1.67 bits per heavy atom. The number of aryl methyl sites for hydroxylation is 2. The molecule has 0 aliphatic heterocycles. The van der Waals surface area contributed by atoms with Crippen LogP contribution in [0, 0.1) is 0 Å². The topological polar surface area (TPSA) is 25.8 Å². The first-order chi connectivity index (χ1) is 7.26. The van der Waals surface area contributed by atoms with E-state index in [1.54, 1.807) is 6.20 Å². The number of nitrogens with zero attached hydrogens (tertiary/aromatic N) is 2. The summed E-state index contributed by atoms with van der Waals surface area (Å²) in [5.74, 6) is 0. The lowest BCUT2D eigenvalue weighted by atomic mass is 10.0. The van der Waals surface area contributed by atoms with Gasteiger partial charge in [-0.25, -0.2) is 4.98 Å². The van der Waals surface area contributed by atoms with Crippen molar-refractivity contribution in [3.63, 3.8) is 0 Å². The molecule has 1 aromatic heterocycles. The van der Waals surface area contributed by atoms with Crippen LogP contribution in [0.5, 0.6) is 0 Å². The number of aromatic nitrogens is 2. The van der Waals surface area contributed by atoms with Crippen molar-refractivity contribution in [2.75, 3.05) is 0 Å². The second-order valence-corrected chi connectivity index (χ2v) is 3.87. The van der Waals surface area contributed by atoms with Crippen LogP contribution in [-0.2, 0) is 12.8 Å². The van der Waals surface area contributed by atoms with Crippen LogP contribution in [0.1, 0.15) is 25.0 Å². The predicted octanol–water partition coefficient (Wildman–Crippen LogP) is 3.41. The van der Waals surface area contributed by atoms with E-state index in [0.717, 1.165) is 23.9 Å². The molecule has 0 N–H and O–H groups in total. The molecule has 78 valence electrons. The van der Waals surface area contributed by atoms with Gasteiger partial charge in [-0.2, -0.15) is 0 Å². The number of halogens is 1. The molecular formula is C12H13ClN2. The minimum Gasteiger partial charge on any atom is -0.251 e. The van der Waals surface area contributed by atoms with Crippen molar-refractivity contribution < 1.29 is 0 Å². The van der Waals surface area contributed by atoms with Crippen LogP contribution in [0.2, 0.25) is 5.15 Å². The molecule has 1 aromatic carbocycles. The van der Waals surface area contributed by atoms with Gasteiger partial charge in [0.1, 0.15) is 5.15 Å². The first kappa shape index (κ1) is 10.4. The smallest absolute Gasteiger partial charge is 0.148 e. The monoisotopic (exact) mass is 220 g/mol. The highest BCUT2D eigenvalue weighted by atomic mass is 35.5. The highest BCUT2D eigenvalue weighted by Gasteiger charge is 2.07. The molecule has 2 nitrogen and oxygen atoms in total. The SMILES string of the molecule is CCc1ccc(CC)c2nc(Cl)cnc12. The van der Waals surface area contributed by atoms with Crippen molar-refractivity contribution in [1.82, 2.24) is 9.97 Å². The molecule has 0 aliphatic carbocycles. The molecule has 0 fully saturated rings. The first-order valence-corrected chi connectivity index (χ1v) is 5.57. The zero-order valence-electron chi connectivity index (χ0n) is 8.92. The molecule has 2 rings (SSSR count). The molecule has 0 saturated carbocycles. The summed E-state index contributed by atoms with van der Waals surface area (Å²) >= 11 is 5.87. The highest BCUT2D eigenvalue weighted by Crippen LogP contribution is 2.21. The van der Waals surface area contributed by atoms with Crippen LogP contribution in [-0.4, -0.2) is 9.97 Å². The van der Waals surface area contributed by atoms with Gasteiger partial charge in [-0.15, -0.1) is 0 Å². The molecule has 0 atom stereocenters. The summed E-state index contributed by atoms with van der Waals surface area (Å²) in [7, 11) is 0. The summed E-state index contributed by atoms with van der Waals surface area (Å²) < 4.78 is 0. The van der Waals surface area contributed by atoms with Gasteiger partial charge in [0.25, 0.3) is 0 Å². The van der Waals surface area contributed by atoms with Gasteiger partial charge in [-0.05, 0) is 24.0 Å². The number of benzene rings is 1. The minimum atomic E-state index is 0.463. The molecule has 0 unspecified atom stereocenters. The van der Waals surface area contributed by atoms with E-state index < -0.39 is 0 Å². The standard InChI is InChI=1S/C12H13ClN2/c1-3-8-5-6-9(4-2)12-11(8)14-7-10(13)15-12/h5-7H,3-4H2,1-2H3. The van der Waals surface area contributed by atoms with Gasteiger partial charge in [-0.3, -0.25) is 4.98 Å². The molecule has 0 aliphatic rings. The van der Waals surface area contributed by atoms with Gasteiger partial charge >= 0.3 is 0 Å². The van der Waals surface area contributed by atoms with Crippen molar-refractivity contribution in [2.24, 2.45) is 0 Å². The third-order valence-corrected chi connectivity index (χ3v) is 2.78. The summed E-state index contributed by atoms with van der Waals surface area (Å²) in [6.07, 6.45) is 3.54. The van der Waals surface area contributed by atoms with Crippen molar-refractivity contribution in [1.29, 1.82) is 0 Å². The van der Waals surface area contributed by atoms with E-state index >= 15 is 0 Å². The largest absolute Gasteiger partial charge is 0.251 e. The second kappa shape index (κ2) is 4.15. The fraction of sp³-hybridized carbons (Fsp3) is 0.333. The van der Waals surface area contributed by atoms with Crippen molar-refractivity contribution in [3.05, 3.63) is 34.6 Å². The Morgan fingerprint density at radius 3 is 2.27 bits per heavy atom. The number of fused-ring (bicyclic) bond motifs is 1. The van der Waals surface area contributed by atoms with Crippen LogP contribution in [0.3, 0.4) is 0 Å². The number of hydrogen-bond donors (Lipinski definition) is 0. The van der Waals surface area contributed by atoms with Crippen LogP contribution < -0.4 is 0 Å². The van der Waals surface area contributed by atoms with Gasteiger partial charge in [-0.1, -0.05) is 37.6 Å². The zero-order valence-corrected chi connectivity index (χ0v) is 9.67. The Kier molecular flexibility index (Phi) is 2.87. The van der Waals surface area contributed by atoms with Crippen molar-refractivity contribution >= 4 is 22.6 Å². The van der Waals surface area contributed by atoms with E-state index in [9.17, 15) is 0 Å². The van der Waals surface area contributed by atoms with Crippen LogP contribution in [0.15, 0.2) is 18.3 Å². The van der Waals surface area contributed by atoms with Crippen LogP contribution in [0.4, 0.5) is 0 Å². The molecular weight excluding hydrogens is 208 g/mol. The van der Waals surface area contributed by atoms with E-state index in [1.165, 1.54) is 11.1 Å². The molecule has 2 aromatic rings. The normalized spacial score (nSPS) is 10.9. The van der Waals surface area contributed by atoms with Crippen molar-refractivity contribution in [3.8, 4) is 0 Å². The van der Waals surface area contributed by atoms with Gasteiger partial charge in [0.2, 0.25) is 0 Å². The molecule has 0 radical (unpaired) electrons. The molecule has 15 heavy (non-hydrogen) atoms. The summed E-state index contributed by atoms with van der Waals surface area (Å²) in [6.45, 7) is 4.24. The van der Waals surface area contributed by atoms with E-state index in [-0.39, 0.29) is 0 Å². The summed E-state index contributed by atoms with van der Waals surface area (Å²) in [6, 6.07) is 4.25. The molecule has 0 bridgehead atoms. The lowest BCUT2D eigenvalue weighted by Crippen LogP contribution is -1.94. The summed E-state index contributed by atoms with van der Waals surface area (Å²) in [4.78, 5) is 8.72. The van der Waals surface area contributed by atoms with Crippen LogP contribution >= 0.6 is 11.6 Å². The molecule has 0 spiro atoms. The maximum Gasteiger partial charge on any atom is 0.148 e. The molecule has 0 amide bonds.